The molecule has 0 N–H and O–H groups in total. The quantitative estimate of drug-likeness (QED) is 0.425. The smallest absolute Gasteiger partial charge is 0.143 e. The fraction of sp³-hybridized carbons (Fsp3) is 0.500. The summed E-state index contributed by atoms with van der Waals surface area (Å²) in [5.74, 6) is 0. The molecule has 0 heterocycles. The van der Waals surface area contributed by atoms with Crippen LogP contribution >= 0.6 is 11.6 Å². The van der Waals surface area contributed by atoms with E-state index in [-0.39, 0.29) is 0 Å². The molecule has 8 heavy (non-hydrogen) atoms. The predicted molar refractivity (Wildman–Crippen MR) is 34.9 cm³/mol. The van der Waals surface area contributed by atoms with Crippen molar-refractivity contribution in [3.63, 3.8) is 0 Å². The van der Waals surface area contributed by atoms with Crippen LogP contribution in [0.25, 0.3) is 0 Å². The maximum atomic E-state index is 9.73. The van der Waals surface area contributed by atoms with E-state index in [0.717, 1.165) is 12.8 Å². The highest BCUT2D eigenvalue weighted by Crippen LogP contribution is 2.07. The van der Waals surface area contributed by atoms with Gasteiger partial charge in [-0.1, -0.05) is 24.9 Å². The van der Waals surface area contributed by atoms with Crippen LogP contribution in [0.3, 0.4) is 0 Å². The predicted octanol–water partition coefficient (Wildman–Crippen LogP) is 2.11. The lowest BCUT2D eigenvalue weighted by molar-refractivity contribution is -0.104. The summed E-state index contributed by atoms with van der Waals surface area (Å²) in [7, 11) is 0. The van der Waals surface area contributed by atoms with Gasteiger partial charge in [-0.05, 0) is 12.5 Å². The summed E-state index contributed by atoms with van der Waals surface area (Å²) in [5, 5.41) is 0.641. The first-order valence-corrected chi connectivity index (χ1v) is 2.99. The summed E-state index contributed by atoms with van der Waals surface area (Å²) in [4.78, 5) is 9.73. The molecule has 0 fully saturated rings. The Morgan fingerprint density at radius 3 is 2.75 bits per heavy atom. The second-order valence-electron chi connectivity index (χ2n) is 1.50. The van der Waals surface area contributed by atoms with Gasteiger partial charge in [0.2, 0.25) is 0 Å². The van der Waals surface area contributed by atoms with Crippen LogP contribution < -0.4 is 0 Å². The van der Waals surface area contributed by atoms with Crippen molar-refractivity contribution in [3.8, 4) is 0 Å². The molecule has 0 saturated carbocycles. The zero-order valence-corrected chi connectivity index (χ0v) is 5.61. The standard InChI is InChI=1S/C6H9ClO/c1-2-3-6(7)4-5-8/h4-5H,2-3H2,1H3. The first-order valence-electron chi connectivity index (χ1n) is 2.61. The van der Waals surface area contributed by atoms with Crippen LogP contribution in [0, 0.1) is 0 Å². The summed E-state index contributed by atoms with van der Waals surface area (Å²) >= 11 is 5.51. The van der Waals surface area contributed by atoms with E-state index in [9.17, 15) is 4.79 Å². The van der Waals surface area contributed by atoms with Gasteiger partial charge in [0.05, 0.1) is 0 Å². The molecular formula is C6H9ClO. The topological polar surface area (TPSA) is 17.1 Å². The average Bonchev–Trinajstić information content (AvgIpc) is 1.68. The SMILES string of the molecule is CCCC(Cl)=CC=O. The van der Waals surface area contributed by atoms with Gasteiger partial charge >= 0.3 is 0 Å². The van der Waals surface area contributed by atoms with Crippen molar-refractivity contribution in [1.82, 2.24) is 0 Å². The van der Waals surface area contributed by atoms with E-state index in [4.69, 9.17) is 11.6 Å². The Bertz CT molecular complexity index is 96.7. The van der Waals surface area contributed by atoms with Gasteiger partial charge in [0.15, 0.2) is 0 Å². The summed E-state index contributed by atoms with van der Waals surface area (Å²) in [6.07, 6.45) is 3.88. The Morgan fingerprint density at radius 2 is 2.38 bits per heavy atom. The molecule has 0 aromatic heterocycles. The van der Waals surface area contributed by atoms with Gasteiger partial charge in [0.25, 0.3) is 0 Å². The van der Waals surface area contributed by atoms with Crippen molar-refractivity contribution in [2.24, 2.45) is 0 Å². The van der Waals surface area contributed by atoms with Gasteiger partial charge in [0, 0.05) is 5.03 Å². The fourth-order valence-corrected chi connectivity index (χ4v) is 0.636. The number of rotatable bonds is 3. The molecular weight excluding hydrogens is 124 g/mol. The number of carbonyl (C=O) groups excluding carboxylic acids is 1. The monoisotopic (exact) mass is 132 g/mol. The molecule has 0 saturated heterocycles. The fourth-order valence-electron chi connectivity index (χ4n) is 0.396. The minimum atomic E-state index is 0.641. The van der Waals surface area contributed by atoms with Crippen LogP contribution in [0.15, 0.2) is 11.1 Å². The van der Waals surface area contributed by atoms with E-state index in [0.29, 0.717) is 11.3 Å². The highest BCUT2D eigenvalue weighted by Gasteiger charge is 1.85. The Morgan fingerprint density at radius 1 is 1.75 bits per heavy atom. The van der Waals surface area contributed by atoms with Gasteiger partial charge in [-0.3, -0.25) is 4.79 Å². The molecule has 0 amide bonds. The Labute approximate surface area is 54.3 Å². The van der Waals surface area contributed by atoms with Crippen molar-refractivity contribution >= 4 is 17.9 Å². The lowest BCUT2D eigenvalue weighted by atomic mass is 10.3. The van der Waals surface area contributed by atoms with Gasteiger partial charge in [-0.15, -0.1) is 0 Å². The molecule has 0 aromatic rings. The first kappa shape index (κ1) is 7.70. The van der Waals surface area contributed by atoms with E-state index >= 15 is 0 Å². The van der Waals surface area contributed by atoms with E-state index < -0.39 is 0 Å². The molecule has 0 aliphatic carbocycles. The Hall–Kier alpha value is -0.300. The number of aldehydes is 1. The van der Waals surface area contributed by atoms with E-state index in [1.807, 2.05) is 6.92 Å². The molecule has 0 aliphatic rings. The van der Waals surface area contributed by atoms with Crippen molar-refractivity contribution in [1.29, 1.82) is 0 Å². The minimum Gasteiger partial charge on any atom is -0.299 e. The lowest BCUT2D eigenvalue weighted by Crippen LogP contribution is -1.70. The molecule has 0 bridgehead atoms. The van der Waals surface area contributed by atoms with Crippen molar-refractivity contribution in [2.75, 3.05) is 0 Å². The molecule has 46 valence electrons. The van der Waals surface area contributed by atoms with Crippen molar-refractivity contribution < 1.29 is 4.79 Å². The first-order chi connectivity index (χ1) is 3.81. The molecule has 0 rings (SSSR count). The zero-order chi connectivity index (χ0) is 6.41. The number of allylic oxidation sites excluding steroid dienone is 2. The third-order valence-electron chi connectivity index (χ3n) is 0.738. The molecule has 0 aliphatic heterocycles. The molecule has 2 heteroatoms. The summed E-state index contributed by atoms with van der Waals surface area (Å²) in [6.45, 7) is 2.01. The molecule has 0 unspecified atom stereocenters. The Balaban J connectivity index is 3.44. The van der Waals surface area contributed by atoms with Crippen LogP contribution in [0.1, 0.15) is 19.8 Å². The maximum Gasteiger partial charge on any atom is 0.143 e. The van der Waals surface area contributed by atoms with Crippen LogP contribution in [0.4, 0.5) is 0 Å². The van der Waals surface area contributed by atoms with Crippen LogP contribution in [0.2, 0.25) is 0 Å². The molecule has 0 atom stereocenters. The second kappa shape index (κ2) is 4.85. The largest absolute Gasteiger partial charge is 0.299 e. The molecule has 0 spiro atoms. The highest BCUT2D eigenvalue weighted by atomic mass is 35.5. The van der Waals surface area contributed by atoms with Crippen molar-refractivity contribution in [2.45, 2.75) is 19.8 Å². The average molecular weight is 133 g/mol. The van der Waals surface area contributed by atoms with E-state index in [2.05, 4.69) is 0 Å². The third kappa shape index (κ3) is 3.88. The normalized spacial score (nSPS) is 11.5. The maximum absolute atomic E-state index is 9.73. The number of carbonyl (C=O) groups is 1. The van der Waals surface area contributed by atoms with Gasteiger partial charge < -0.3 is 0 Å². The summed E-state index contributed by atoms with van der Waals surface area (Å²) < 4.78 is 0. The number of halogens is 1. The van der Waals surface area contributed by atoms with E-state index in [1.165, 1.54) is 6.08 Å². The number of hydrogen-bond donors (Lipinski definition) is 0. The summed E-state index contributed by atoms with van der Waals surface area (Å²) in [6, 6.07) is 0. The van der Waals surface area contributed by atoms with Gasteiger partial charge in [0.1, 0.15) is 6.29 Å². The van der Waals surface area contributed by atoms with Gasteiger partial charge in [-0.2, -0.15) is 0 Å². The van der Waals surface area contributed by atoms with Crippen LogP contribution in [-0.4, -0.2) is 6.29 Å². The Kier molecular flexibility index (Phi) is 4.67. The lowest BCUT2D eigenvalue weighted by Gasteiger charge is -1.87. The van der Waals surface area contributed by atoms with Crippen LogP contribution in [0.5, 0.6) is 0 Å². The minimum absolute atomic E-state index is 0.641. The molecule has 1 nitrogen and oxygen atoms in total. The molecule has 0 aromatic carbocycles. The summed E-state index contributed by atoms with van der Waals surface area (Å²) in [5.41, 5.74) is 0. The third-order valence-corrected chi connectivity index (χ3v) is 1.05. The number of hydrogen-bond acceptors (Lipinski definition) is 1. The van der Waals surface area contributed by atoms with Crippen LogP contribution in [-0.2, 0) is 4.79 Å². The highest BCUT2D eigenvalue weighted by molar-refractivity contribution is 6.30. The zero-order valence-electron chi connectivity index (χ0n) is 4.86. The molecule has 0 radical (unpaired) electrons. The van der Waals surface area contributed by atoms with E-state index in [1.54, 1.807) is 0 Å². The van der Waals surface area contributed by atoms with Crippen molar-refractivity contribution in [3.05, 3.63) is 11.1 Å². The van der Waals surface area contributed by atoms with Gasteiger partial charge in [-0.25, -0.2) is 0 Å². The second-order valence-corrected chi connectivity index (χ2v) is 1.99.